The lowest BCUT2D eigenvalue weighted by Gasteiger charge is -2.26. The van der Waals surface area contributed by atoms with Crippen LogP contribution in [0.4, 0.5) is 0 Å². The first-order valence-corrected chi connectivity index (χ1v) is 7.36. The summed E-state index contributed by atoms with van der Waals surface area (Å²) in [6.45, 7) is 0.281. The third-order valence-corrected chi connectivity index (χ3v) is 4.87. The van der Waals surface area contributed by atoms with Gasteiger partial charge in [0.2, 0.25) is 0 Å². The third-order valence-electron chi connectivity index (χ3n) is 3.87. The Labute approximate surface area is 106 Å². The van der Waals surface area contributed by atoms with E-state index in [1.54, 1.807) is 4.88 Å². The van der Waals surface area contributed by atoms with Gasteiger partial charge in [0.1, 0.15) is 0 Å². The van der Waals surface area contributed by atoms with Crippen LogP contribution < -0.4 is 5.32 Å². The highest BCUT2D eigenvalue weighted by molar-refractivity contribution is 7.10. The highest BCUT2D eigenvalue weighted by atomic mass is 32.1. The maximum Gasteiger partial charge on any atom is 0.0494 e. The van der Waals surface area contributed by atoms with Crippen LogP contribution in [0, 0.1) is 5.92 Å². The normalized spacial score (nSPS) is 31.7. The van der Waals surface area contributed by atoms with Crippen LogP contribution in [0.5, 0.6) is 0 Å². The van der Waals surface area contributed by atoms with Gasteiger partial charge in [-0.05, 0) is 42.7 Å². The molecule has 3 atom stereocenters. The number of nitrogens with one attached hydrogen (secondary N) is 1. The van der Waals surface area contributed by atoms with Gasteiger partial charge in [-0.15, -0.1) is 11.3 Å². The van der Waals surface area contributed by atoms with Crippen molar-refractivity contribution >= 4 is 11.3 Å². The van der Waals surface area contributed by atoms with Gasteiger partial charge in [0.05, 0.1) is 0 Å². The summed E-state index contributed by atoms with van der Waals surface area (Å²) in [7, 11) is 0. The number of hydrogen-bond donors (Lipinski definition) is 2. The molecule has 0 radical (unpaired) electrons. The number of aryl methyl sites for hydroxylation is 1. The second kappa shape index (κ2) is 4.92. The van der Waals surface area contributed by atoms with Crippen molar-refractivity contribution in [3.63, 3.8) is 0 Å². The van der Waals surface area contributed by atoms with E-state index < -0.39 is 0 Å². The second-order valence-corrected chi connectivity index (χ2v) is 6.08. The van der Waals surface area contributed by atoms with E-state index in [4.69, 9.17) is 5.11 Å². The molecule has 0 fully saturated rings. The van der Waals surface area contributed by atoms with E-state index in [2.05, 4.69) is 28.9 Å². The molecule has 3 heteroatoms. The molecule has 17 heavy (non-hydrogen) atoms. The fourth-order valence-corrected chi connectivity index (χ4v) is 3.94. The standard InChI is InChI=1S/C14H19NOS/c16-9-10-4-5-11(8-10)15-13-2-1-3-14-12(13)6-7-17-14/h4-7,10-11,13,15-16H,1-3,8-9H2/t10-,11+,13+/m0/s1. The highest BCUT2D eigenvalue weighted by Gasteiger charge is 2.25. The summed E-state index contributed by atoms with van der Waals surface area (Å²) in [5.41, 5.74) is 1.52. The molecule has 0 aromatic carbocycles. The SMILES string of the molecule is OC[C@H]1C=C[C@@H](N[C@@H]2CCCc3sccc32)C1. The molecule has 0 spiro atoms. The average Bonchev–Trinajstić information content (AvgIpc) is 2.97. The molecule has 92 valence electrons. The molecule has 2 nitrogen and oxygen atoms in total. The molecule has 3 rings (SSSR count). The number of aliphatic hydroxyl groups is 1. The van der Waals surface area contributed by atoms with Gasteiger partial charge in [-0.25, -0.2) is 0 Å². The molecule has 1 aromatic rings. The van der Waals surface area contributed by atoms with E-state index in [9.17, 15) is 0 Å². The van der Waals surface area contributed by atoms with Gasteiger partial charge >= 0.3 is 0 Å². The minimum Gasteiger partial charge on any atom is -0.396 e. The molecular weight excluding hydrogens is 230 g/mol. The van der Waals surface area contributed by atoms with Crippen LogP contribution in [0.15, 0.2) is 23.6 Å². The predicted molar refractivity (Wildman–Crippen MR) is 71.3 cm³/mol. The Kier molecular flexibility index (Phi) is 3.32. The van der Waals surface area contributed by atoms with Crippen LogP contribution in [0.3, 0.4) is 0 Å². The first-order chi connectivity index (χ1) is 8.36. The van der Waals surface area contributed by atoms with Crippen molar-refractivity contribution in [2.24, 2.45) is 5.92 Å². The molecule has 0 aliphatic heterocycles. The first kappa shape index (κ1) is 11.5. The maximum absolute atomic E-state index is 9.14. The Morgan fingerprint density at radius 3 is 3.18 bits per heavy atom. The lowest BCUT2D eigenvalue weighted by Crippen LogP contribution is -2.32. The maximum atomic E-state index is 9.14. The molecule has 1 aromatic heterocycles. The molecule has 2 N–H and O–H groups in total. The molecule has 0 amide bonds. The zero-order valence-electron chi connectivity index (χ0n) is 9.93. The third kappa shape index (κ3) is 2.32. The van der Waals surface area contributed by atoms with Crippen molar-refractivity contribution in [1.82, 2.24) is 5.32 Å². The quantitative estimate of drug-likeness (QED) is 0.807. The summed E-state index contributed by atoms with van der Waals surface area (Å²) in [5.74, 6) is 0.359. The van der Waals surface area contributed by atoms with Crippen molar-refractivity contribution in [3.05, 3.63) is 34.0 Å². The summed E-state index contributed by atoms with van der Waals surface area (Å²) in [6, 6.07) is 3.25. The summed E-state index contributed by atoms with van der Waals surface area (Å²) in [5, 5.41) is 15.1. The zero-order valence-corrected chi connectivity index (χ0v) is 10.7. The molecule has 2 aliphatic rings. The summed E-state index contributed by atoms with van der Waals surface area (Å²) >= 11 is 1.89. The summed E-state index contributed by atoms with van der Waals surface area (Å²) in [6.07, 6.45) is 9.22. The Morgan fingerprint density at radius 2 is 2.35 bits per heavy atom. The summed E-state index contributed by atoms with van der Waals surface area (Å²) < 4.78 is 0. The number of thiophene rings is 1. The first-order valence-electron chi connectivity index (χ1n) is 6.48. The van der Waals surface area contributed by atoms with Crippen molar-refractivity contribution in [2.75, 3.05) is 6.61 Å². The van der Waals surface area contributed by atoms with E-state index in [0.29, 0.717) is 18.0 Å². The molecule has 0 saturated carbocycles. The van der Waals surface area contributed by atoms with Gasteiger partial charge in [-0.1, -0.05) is 12.2 Å². The lowest BCUT2D eigenvalue weighted by atomic mass is 9.93. The Bertz CT molecular complexity index is 412. The van der Waals surface area contributed by atoms with E-state index in [1.165, 1.54) is 24.8 Å². The number of aliphatic hydroxyl groups excluding tert-OH is 1. The molecule has 1 heterocycles. The largest absolute Gasteiger partial charge is 0.396 e. The fraction of sp³-hybridized carbons (Fsp3) is 0.571. The van der Waals surface area contributed by atoms with Gasteiger partial charge in [-0.3, -0.25) is 0 Å². The van der Waals surface area contributed by atoms with Crippen LogP contribution in [0.25, 0.3) is 0 Å². The topological polar surface area (TPSA) is 32.3 Å². The minimum absolute atomic E-state index is 0.281. The van der Waals surface area contributed by atoms with E-state index in [0.717, 1.165) is 6.42 Å². The van der Waals surface area contributed by atoms with Crippen molar-refractivity contribution in [2.45, 2.75) is 37.8 Å². The number of hydrogen-bond acceptors (Lipinski definition) is 3. The highest BCUT2D eigenvalue weighted by Crippen LogP contribution is 2.34. The Balaban J connectivity index is 1.66. The van der Waals surface area contributed by atoms with Crippen LogP contribution in [0.1, 0.15) is 35.7 Å². The van der Waals surface area contributed by atoms with E-state index in [-0.39, 0.29) is 6.61 Å². The van der Waals surface area contributed by atoms with Crippen molar-refractivity contribution in [3.8, 4) is 0 Å². The van der Waals surface area contributed by atoms with E-state index in [1.807, 2.05) is 11.3 Å². The van der Waals surface area contributed by atoms with Gasteiger partial charge in [0.15, 0.2) is 0 Å². The number of rotatable bonds is 3. The monoisotopic (exact) mass is 249 g/mol. The van der Waals surface area contributed by atoms with Gasteiger partial charge < -0.3 is 10.4 Å². The van der Waals surface area contributed by atoms with Crippen LogP contribution >= 0.6 is 11.3 Å². The van der Waals surface area contributed by atoms with Gasteiger partial charge in [0.25, 0.3) is 0 Å². The molecule has 0 saturated heterocycles. The second-order valence-electron chi connectivity index (χ2n) is 5.08. The van der Waals surface area contributed by atoms with Gasteiger partial charge in [0, 0.05) is 29.5 Å². The van der Waals surface area contributed by atoms with Crippen molar-refractivity contribution in [1.29, 1.82) is 0 Å². The van der Waals surface area contributed by atoms with Crippen LogP contribution in [0.2, 0.25) is 0 Å². The molecular formula is C14H19NOS. The molecule has 0 bridgehead atoms. The molecule has 0 unspecified atom stereocenters. The van der Waals surface area contributed by atoms with Crippen LogP contribution in [-0.4, -0.2) is 17.8 Å². The smallest absolute Gasteiger partial charge is 0.0494 e. The minimum atomic E-state index is 0.281. The average molecular weight is 249 g/mol. The molecule has 2 aliphatic carbocycles. The predicted octanol–water partition coefficient (Wildman–Crippen LogP) is 2.65. The Hall–Kier alpha value is -0.640. The summed E-state index contributed by atoms with van der Waals surface area (Å²) in [4.78, 5) is 1.56. The Morgan fingerprint density at radius 1 is 1.41 bits per heavy atom. The van der Waals surface area contributed by atoms with Crippen molar-refractivity contribution < 1.29 is 5.11 Å². The van der Waals surface area contributed by atoms with E-state index >= 15 is 0 Å². The lowest BCUT2D eigenvalue weighted by molar-refractivity contribution is 0.244. The number of fused-ring (bicyclic) bond motifs is 1. The van der Waals surface area contributed by atoms with Gasteiger partial charge in [-0.2, -0.15) is 0 Å². The zero-order chi connectivity index (χ0) is 11.7. The van der Waals surface area contributed by atoms with Crippen LogP contribution in [-0.2, 0) is 6.42 Å². The fourth-order valence-electron chi connectivity index (χ4n) is 2.95.